The Kier molecular flexibility index (Phi) is 5.33. The van der Waals surface area contributed by atoms with Gasteiger partial charge in [0.1, 0.15) is 0 Å². The van der Waals surface area contributed by atoms with Crippen molar-refractivity contribution in [1.29, 1.82) is 0 Å². The van der Waals surface area contributed by atoms with E-state index in [9.17, 15) is 21.6 Å². The second kappa shape index (κ2) is 7.21. The van der Waals surface area contributed by atoms with Gasteiger partial charge in [-0.3, -0.25) is 0 Å². The molecule has 2 aromatic carbocycles. The molecule has 3 nitrogen and oxygen atoms in total. The number of halogens is 4. The topological polar surface area (TPSA) is 46.2 Å². The van der Waals surface area contributed by atoms with Crippen molar-refractivity contribution in [1.82, 2.24) is 4.72 Å². The minimum atomic E-state index is -4.51. The van der Waals surface area contributed by atoms with E-state index in [2.05, 4.69) is 4.72 Å². The van der Waals surface area contributed by atoms with Crippen molar-refractivity contribution in [3.63, 3.8) is 0 Å². The normalized spacial score (nSPS) is 16.2. The van der Waals surface area contributed by atoms with E-state index >= 15 is 0 Å². The molecule has 1 aliphatic carbocycles. The molecule has 0 amide bonds. The molecule has 1 fully saturated rings. The maximum atomic E-state index is 12.8. The molecule has 140 valence electrons. The Morgan fingerprint density at radius 2 is 1.54 bits per heavy atom. The molecule has 26 heavy (non-hydrogen) atoms. The number of alkyl halides is 3. The van der Waals surface area contributed by atoms with E-state index in [1.54, 1.807) is 12.1 Å². The van der Waals surface area contributed by atoms with Crippen molar-refractivity contribution in [3.05, 3.63) is 53.1 Å². The van der Waals surface area contributed by atoms with Gasteiger partial charge in [-0.1, -0.05) is 42.6 Å². The van der Waals surface area contributed by atoms with Crippen LogP contribution in [0.15, 0.2) is 47.4 Å². The van der Waals surface area contributed by atoms with Gasteiger partial charge in [0.15, 0.2) is 0 Å². The van der Waals surface area contributed by atoms with Crippen LogP contribution in [-0.2, 0) is 16.2 Å². The molecule has 2 aromatic rings. The van der Waals surface area contributed by atoms with Crippen LogP contribution < -0.4 is 4.72 Å². The second-order valence-corrected chi connectivity index (χ2v) is 8.44. The summed E-state index contributed by atoms with van der Waals surface area (Å²) >= 11 is 5.74. The van der Waals surface area contributed by atoms with E-state index in [0.29, 0.717) is 11.1 Å². The maximum Gasteiger partial charge on any atom is 0.417 e. The van der Waals surface area contributed by atoms with Crippen LogP contribution in [0, 0.1) is 0 Å². The van der Waals surface area contributed by atoms with Crippen molar-refractivity contribution in [2.24, 2.45) is 0 Å². The van der Waals surface area contributed by atoms with Gasteiger partial charge in [0, 0.05) is 6.04 Å². The first-order chi connectivity index (χ1) is 12.2. The molecule has 0 spiro atoms. The first kappa shape index (κ1) is 19.2. The number of hydrogen-bond acceptors (Lipinski definition) is 2. The van der Waals surface area contributed by atoms with Gasteiger partial charge in [-0.25, -0.2) is 13.1 Å². The predicted molar refractivity (Wildman–Crippen MR) is 94.5 cm³/mol. The number of sulfonamides is 1. The third-order valence-electron chi connectivity index (χ3n) is 4.45. The van der Waals surface area contributed by atoms with E-state index in [1.165, 1.54) is 24.3 Å². The lowest BCUT2D eigenvalue weighted by Crippen LogP contribution is -2.32. The van der Waals surface area contributed by atoms with Gasteiger partial charge in [-0.05, 0) is 48.2 Å². The van der Waals surface area contributed by atoms with Gasteiger partial charge in [0.25, 0.3) is 0 Å². The molecule has 1 saturated carbocycles. The van der Waals surface area contributed by atoms with Crippen LogP contribution in [0.4, 0.5) is 13.2 Å². The van der Waals surface area contributed by atoms with Crippen LogP contribution >= 0.6 is 11.6 Å². The number of benzene rings is 2. The predicted octanol–water partition coefficient (Wildman–Crippen LogP) is 5.25. The Hall–Kier alpha value is -1.57. The quantitative estimate of drug-likeness (QED) is 0.758. The summed E-state index contributed by atoms with van der Waals surface area (Å²) < 4.78 is 65.8. The van der Waals surface area contributed by atoms with Crippen LogP contribution in [0.1, 0.15) is 31.2 Å². The molecular formula is C18H17ClF3NO2S. The summed E-state index contributed by atoms with van der Waals surface area (Å²) in [6, 6.07) is 9.43. The van der Waals surface area contributed by atoms with Gasteiger partial charge < -0.3 is 0 Å². The zero-order chi connectivity index (χ0) is 18.9. The van der Waals surface area contributed by atoms with Crippen molar-refractivity contribution in [2.75, 3.05) is 0 Å². The molecule has 1 aliphatic rings. The monoisotopic (exact) mass is 403 g/mol. The fourth-order valence-electron chi connectivity index (χ4n) is 3.08. The molecular weight excluding hydrogens is 387 g/mol. The number of hydrogen-bond donors (Lipinski definition) is 1. The Labute approximate surface area is 155 Å². The fourth-order valence-corrected chi connectivity index (χ4v) is 4.67. The van der Waals surface area contributed by atoms with Gasteiger partial charge in [0.2, 0.25) is 10.0 Å². The van der Waals surface area contributed by atoms with E-state index in [4.69, 9.17) is 11.6 Å². The summed E-state index contributed by atoms with van der Waals surface area (Å²) in [7, 11) is -3.60. The summed E-state index contributed by atoms with van der Waals surface area (Å²) in [6.45, 7) is 0. The lowest BCUT2D eigenvalue weighted by molar-refractivity contribution is -0.137. The minimum absolute atomic E-state index is 0.0339. The minimum Gasteiger partial charge on any atom is -0.208 e. The van der Waals surface area contributed by atoms with Crippen LogP contribution in [0.2, 0.25) is 5.02 Å². The Balaban J connectivity index is 1.82. The summed E-state index contributed by atoms with van der Waals surface area (Å²) in [4.78, 5) is 0.131. The van der Waals surface area contributed by atoms with Crippen LogP contribution in [0.25, 0.3) is 11.1 Å². The molecule has 0 heterocycles. The van der Waals surface area contributed by atoms with Crippen LogP contribution in [0.5, 0.6) is 0 Å². The molecule has 0 unspecified atom stereocenters. The Morgan fingerprint density at radius 3 is 2.08 bits per heavy atom. The third-order valence-corrected chi connectivity index (χ3v) is 6.30. The second-order valence-electron chi connectivity index (χ2n) is 6.32. The van der Waals surface area contributed by atoms with Gasteiger partial charge in [-0.15, -0.1) is 0 Å². The Morgan fingerprint density at radius 1 is 0.962 bits per heavy atom. The standard InChI is InChI=1S/C18H17ClF3NO2S/c19-17-11-13(7-10-16(17)18(20,21)22)12-5-8-15(9-6-12)26(24,25)23-14-3-1-2-4-14/h5-11,14,23H,1-4H2. The summed E-state index contributed by atoms with van der Waals surface area (Å²) in [5, 5.41) is -0.394. The van der Waals surface area contributed by atoms with Crippen molar-refractivity contribution in [3.8, 4) is 11.1 Å². The molecule has 0 aliphatic heterocycles. The zero-order valence-corrected chi connectivity index (χ0v) is 15.3. The first-order valence-corrected chi connectivity index (χ1v) is 10.0. The highest BCUT2D eigenvalue weighted by atomic mass is 35.5. The molecule has 0 bridgehead atoms. The molecule has 8 heteroatoms. The average molecular weight is 404 g/mol. The summed E-state index contributed by atoms with van der Waals surface area (Å²) in [6.07, 6.45) is -0.816. The highest BCUT2D eigenvalue weighted by Gasteiger charge is 2.33. The van der Waals surface area contributed by atoms with Gasteiger partial charge in [-0.2, -0.15) is 13.2 Å². The largest absolute Gasteiger partial charge is 0.417 e. The smallest absolute Gasteiger partial charge is 0.208 e. The number of nitrogens with one attached hydrogen (secondary N) is 1. The summed E-state index contributed by atoms with van der Waals surface area (Å²) in [5.41, 5.74) is 0.166. The van der Waals surface area contributed by atoms with Crippen molar-refractivity contribution in [2.45, 2.75) is 42.8 Å². The first-order valence-electron chi connectivity index (χ1n) is 8.16. The van der Waals surface area contributed by atoms with E-state index in [0.717, 1.165) is 31.7 Å². The molecule has 0 saturated heterocycles. The highest BCUT2D eigenvalue weighted by Crippen LogP contribution is 2.36. The lowest BCUT2D eigenvalue weighted by atomic mass is 10.0. The molecule has 0 atom stereocenters. The fraction of sp³-hybridized carbons (Fsp3) is 0.333. The zero-order valence-electron chi connectivity index (χ0n) is 13.7. The molecule has 1 N–H and O–H groups in total. The Bertz CT molecular complexity index is 890. The summed E-state index contributed by atoms with van der Waals surface area (Å²) in [5.74, 6) is 0. The van der Waals surface area contributed by atoms with Crippen LogP contribution in [0.3, 0.4) is 0 Å². The van der Waals surface area contributed by atoms with Gasteiger partial charge >= 0.3 is 6.18 Å². The van der Waals surface area contributed by atoms with E-state index < -0.39 is 26.8 Å². The SMILES string of the molecule is O=S(=O)(NC1CCCC1)c1ccc(-c2ccc(C(F)(F)F)c(Cl)c2)cc1. The van der Waals surface area contributed by atoms with Crippen molar-refractivity contribution < 1.29 is 21.6 Å². The highest BCUT2D eigenvalue weighted by molar-refractivity contribution is 7.89. The van der Waals surface area contributed by atoms with E-state index in [-0.39, 0.29) is 10.9 Å². The van der Waals surface area contributed by atoms with Crippen molar-refractivity contribution >= 4 is 21.6 Å². The lowest BCUT2D eigenvalue weighted by Gasteiger charge is -2.13. The van der Waals surface area contributed by atoms with Gasteiger partial charge in [0.05, 0.1) is 15.5 Å². The molecule has 0 aromatic heterocycles. The third kappa shape index (κ3) is 4.22. The average Bonchev–Trinajstić information content (AvgIpc) is 3.06. The van der Waals surface area contributed by atoms with E-state index in [1.807, 2.05) is 0 Å². The molecule has 0 radical (unpaired) electrons. The number of rotatable bonds is 4. The maximum absolute atomic E-state index is 12.8. The van der Waals surface area contributed by atoms with Crippen LogP contribution in [-0.4, -0.2) is 14.5 Å². The molecule has 3 rings (SSSR count).